The maximum atomic E-state index is 12.1. The number of carbonyl (C=O) groups excluding carboxylic acids is 2. The molecule has 1 aromatic carbocycles. The van der Waals surface area contributed by atoms with Gasteiger partial charge in [-0.3, -0.25) is 14.6 Å². The Morgan fingerprint density at radius 2 is 2.17 bits per heavy atom. The second-order valence-corrected chi connectivity index (χ2v) is 5.92. The average molecular weight is 337 g/mol. The molecule has 1 heterocycles. The van der Waals surface area contributed by atoms with E-state index in [0.29, 0.717) is 29.8 Å². The number of thioether (sulfide) groups is 1. The van der Waals surface area contributed by atoms with Crippen LogP contribution in [-0.4, -0.2) is 49.6 Å². The summed E-state index contributed by atoms with van der Waals surface area (Å²) in [6.45, 7) is 0.956. The molecule has 2 N–H and O–H groups in total. The molecule has 0 saturated carbocycles. The fourth-order valence-electron chi connectivity index (χ4n) is 1.97. The van der Waals surface area contributed by atoms with E-state index < -0.39 is 5.25 Å². The van der Waals surface area contributed by atoms with Crippen molar-refractivity contribution < 1.29 is 19.1 Å². The van der Waals surface area contributed by atoms with Crippen molar-refractivity contribution >= 4 is 34.4 Å². The van der Waals surface area contributed by atoms with E-state index in [-0.39, 0.29) is 18.2 Å². The van der Waals surface area contributed by atoms with Crippen LogP contribution in [-0.2, 0) is 14.3 Å². The van der Waals surface area contributed by atoms with Crippen molar-refractivity contribution in [1.82, 2.24) is 5.32 Å². The summed E-state index contributed by atoms with van der Waals surface area (Å²) < 4.78 is 10.1. The number of rotatable bonds is 7. The molecule has 0 bridgehead atoms. The largest absolute Gasteiger partial charge is 0.495 e. The van der Waals surface area contributed by atoms with Crippen molar-refractivity contribution in [3.05, 3.63) is 24.3 Å². The SMILES string of the molecule is COCCN=C1NC(=O)[C@@H](CC(=O)Nc2ccccc2OC)S1. The number of anilines is 1. The topological polar surface area (TPSA) is 89.0 Å². The first-order chi connectivity index (χ1) is 11.1. The monoisotopic (exact) mass is 337 g/mol. The molecule has 1 aliphatic rings. The summed E-state index contributed by atoms with van der Waals surface area (Å²) in [5, 5.41) is 5.48. The number of amidine groups is 1. The van der Waals surface area contributed by atoms with Gasteiger partial charge in [0, 0.05) is 13.5 Å². The zero-order chi connectivity index (χ0) is 16.7. The Bertz CT molecular complexity index is 606. The first kappa shape index (κ1) is 17.3. The van der Waals surface area contributed by atoms with Crippen LogP contribution in [0.15, 0.2) is 29.3 Å². The number of methoxy groups -OCH3 is 2. The summed E-state index contributed by atoms with van der Waals surface area (Å²) in [5.41, 5.74) is 0.581. The molecule has 0 aliphatic carbocycles. The first-order valence-electron chi connectivity index (χ1n) is 7.08. The van der Waals surface area contributed by atoms with Crippen LogP contribution >= 0.6 is 11.8 Å². The number of nitrogens with one attached hydrogen (secondary N) is 2. The van der Waals surface area contributed by atoms with Gasteiger partial charge in [-0.15, -0.1) is 0 Å². The van der Waals surface area contributed by atoms with Gasteiger partial charge in [-0.2, -0.15) is 0 Å². The number of hydrogen-bond acceptors (Lipinski definition) is 6. The van der Waals surface area contributed by atoms with Gasteiger partial charge in [-0.1, -0.05) is 23.9 Å². The van der Waals surface area contributed by atoms with Crippen molar-refractivity contribution in [2.75, 3.05) is 32.7 Å². The maximum absolute atomic E-state index is 12.1. The molecular weight excluding hydrogens is 318 g/mol. The summed E-state index contributed by atoms with van der Waals surface area (Å²) in [6.07, 6.45) is 0.0673. The van der Waals surface area contributed by atoms with E-state index in [2.05, 4.69) is 15.6 Å². The molecular formula is C15H19N3O4S. The van der Waals surface area contributed by atoms with Crippen molar-refractivity contribution in [2.45, 2.75) is 11.7 Å². The predicted molar refractivity (Wildman–Crippen MR) is 89.9 cm³/mol. The Hall–Kier alpha value is -2.06. The fourth-order valence-corrected chi connectivity index (χ4v) is 2.97. The number of nitrogens with zero attached hydrogens (tertiary/aromatic N) is 1. The summed E-state index contributed by atoms with van der Waals surface area (Å²) in [7, 11) is 3.12. The molecule has 0 aromatic heterocycles. The predicted octanol–water partition coefficient (Wildman–Crippen LogP) is 1.26. The van der Waals surface area contributed by atoms with Crippen molar-refractivity contribution in [1.29, 1.82) is 0 Å². The van der Waals surface area contributed by atoms with Crippen molar-refractivity contribution in [3.63, 3.8) is 0 Å². The van der Waals surface area contributed by atoms with Crippen LogP contribution in [0.25, 0.3) is 0 Å². The highest BCUT2D eigenvalue weighted by Gasteiger charge is 2.32. The van der Waals surface area contributed by atoms with Gasteiger partial charge in [-0.05, 0) is 12.1 Å². The highest BCUT2D eigenvalue weighted by Crippen LogP contribution is 2.26. The van der Waals surface area contributed by atoms with Gasteiger partial charge in [0.1, 0.15) is 11.0 Å². The number of para-hydroxylation sites is 2. The molecule has 1 saturated heterocycles. The number of amides is 2. The van der Waals surface area contributed by atoms with E-state index >= 15 is 0 Å². The van der Waals surface area contributed by atoms with Gasteiger partial charge < -0.3 is 20.1 Å². The van der Waals surface area contributed by atoms with Crippen LogP contribution in [0.3, 0.4) is 0 Å². The van der Waals surface area contributed by atoms with E-state index in [1.165, 1.54) is 18.9 Å². The molecule has 1 atom stereocenters. The third-order valence-electron chi connectivity index (χ3n) is 3.08. The third kappa shape index (κ3) is 4.97. The van der Waals surface area contributed by atoms with Gasteiger partial charge in [0.25, 0.3) is 0 Å². The van der Waals surface area contributed by atoms with Gasteiger partial charge in [0.2, 0.25) is 11.8 Å². The Morgan fingerprint density at radius 3 is 2.91 bits per heavy atom. The van der Waals surface area contributed by atoms with Crippen LogP contribution in [0.2, 0.25) is 0 Å². The Labute approximate surface area is 138 Å². The first-order valence-corrected chi connectivity index (χ1v) is 7.95. The number of hydrogen-bond donors (Lipinski definition) is 2. The van der Waals surface area contributed by atoms with E-state index in [1.807, 2.05) is 6.07 Å². The summed E-state index contributed by atoms with van der Waals surface area (Å²) >= 11 is 1.26. The van der Waals surface area contributed by atoms with Crippen molar-refractivity contribution in [3.8, 4) is 5.75 Å². The molecule has 1 aliphatic heterocycles. The maximum Gasteiger partial charge on any atom is 0.240 e. The number of ether oxygens (including phenoxy) is 2. The molecule has 0 radical (unpaired) electrons. The van der Waals surface area contributed by atoms with Gasteiger partial charge in [0.15, 0.2) is 5.17 Å². The Kier molecular flexibility index (Phi) is 6.42. The standard InChI is InChI=1S/C15H19N3O4S/c1-21-8-7-16-15-18-14(20)12(23-15)9-13(19)17-10-5-3-4-6-11(10)22-2/h3-6,12H,7-9H2,1-2H3,(H,17,19)(H,16,18,20)/t12-/m1/s1. The molecule has 1 aromatic rings. The van der Waals surface area contributed by atoms with Crippen LogP contribution in [0.1, 0.15) is 6.42 Å². The molecule has 2 amide bonds. The van der Waals surface area contributed by atoms with Crippen LogP contribution < -0.4 is 15.4 Å². The van der Waals surface area contributed by atoms with E-state index in [0.717, 1.165) is 0 Å². The Morgan fingerprint density at radius 1 is 1.39 bits per heavy atom. The molecule has 0 unspecified atom stereocenters. The minimum absolute atomic E-state index is 0.0673. The number of aliphatic imine (C=N–C) groups is 1. The van der Waals surface area contributed by atoms with Crippen molar-refractivity contribution in [2.24, 2.45) is 4.99 Å². The third-order valence-corrected chi connectivity index (χ3v) is 4.20. The smallest absolute Gasteiger partial charge is 0.240 e. The fraction of sp³-hybridized carbons (Fsp3) is 0.400. The van der Waals surface area contributed by atoms with E-state index in [1.54, 1.807) is 25.3 Å². The summed E-state index contributed by atoms with van der Waals surface area (Å²) in [4.78, 5) is 28.2. The molecule has 2 rings (SSSR count). The normalized spacial score (nSPS) is 18.8. The highest BCUT2D eigenvalue weighted by atomic mass is 32.2. The lowest BCUT2D eigenvalue weighted by atomic mass is 10.2. The molecule has 124 valence electrons. The summed E-state index contributed by atoms with van der Waals surface area (Å²) in [5.74, 6) is 0.118. The molecule has 7 nitrogen and oxygen atoms in total. The lowest BCUT2D eigenvalue weighted by molar-refractivity contribution is -0.122. The number of benzene rings is 1. The molecule has 1 fully saturated rings. The Balaban J connectivity index is 1.90. The van der Waals surface area contributed by atoms with Crippen LogP contribution in [0, 0.1) is 0 Å². The van der Waals surface area contributed by atoms with Gasteiger partial charge in [-0.25, -0.2) is 0 Å². The second kappa shape index (κ2) is 8.54. The molecule has 0 spiro atoms. The lowest BCUT2D eigenvalue weighted by Gasteiger charge is -2.10. The van der Waals surface area contributed by atoms with Gasteiger partial charge >= 0.3 is 0 Å². The lowest BCUT2D eigenvalue weighted by Crippen LogP contribution is -2.28. The number of carbonyl (C=O) groups is 2. The van der Waals surface area contributed by atoms with Crippen LogP contribution in [0.5, 0.6) is 5.75 Å². The minimum atomic E-state index is -0.481. The highest BCUT2D eigenvalue weighted by molar-refractivity contribution is 8.15. The average Bonchev–Trinajstić information content (AvgIpc) is 2.88. The van der Waals surface area contributed by atoms with E-state index in [4.69, 9.17) is 9.47 Å². The quantitative estimate of drug-likeness (QED) is 0.731. The van der Waals surface area contributed by atoms with E-state index in [9.17, 15) is 9.59 Å². The molecule has 8 heteroatoms. The van der Waals surface area contributed by atoms with Gasteiger partial charge in [0.05, 0.1) is 25.9 Å². The zero-order valence-corrected chi connectivity index (χ0v) is 13.8. The molecule has 23 heavy (non-hydrogen) atoms. The minimum Gasteiger partial charge on any atom is -0.495 e. The second-order valence-electron chi connectivity index (χ2n) is 4.73. The van der Waals surface area contributed by atoms with Crippen LogP contribution in [0.4, 0.5) is 5.69 Å². The zero-order valence-electron chi connectivity index (χ0n) is 13.0. The summed E-state index contributed by atoms with van der Waals surface area (Å²) in [6, 6.07) is 7.12.